The fourth-order valence-electron chi connectivity index (χ4n) is 1.98. The molecule has 16 heavy (non-hydrogen) atoms. The molecule has 90 valence electrons. The Morgan fingerprint density at radius 1 is 1.31 bits per heavy atom. The Bertz CT molecular complexity index is 287. The van der Waals surface area contributed by atoms with Crippen molar-refractivity contribution in [2.45, 2.75) is 19.0 Å². The number of rotatable bonds is 6. The lowest BCUT2D eigenvalue weighted by molar-refractivity contribution is 0.232. The van der Waals surface area contributed by atoms with Crippen molar-refractivity contribution in [2.75, 3.05) is 25.6 Å². The van der Waals surface area contributed by atoms with Crippen LogP contribution in [0.3, 0.4) is 0 Å². The van der Waals surface area contributed by atoms with Gasteiger partial charge in [0, 0.05) is 24.4 Å². The molecule has 0 spiro atoms. The lowest BCUT2D eigenvalue weighted by Crippen LogP contribution is -2.38. The van der Waals surface area contributed by atoms with E-state index in [9.17, 15) is 0 Å². The van der Waals surface area contributed by atoms with Crippen molar-refractivity contribution < 1.29 is 0 Å². The van der Waals surface area contributed by atoms with Crippen molar-refractivity contribution in [3.8, 4) is 0 Å². The maximum absolute atomic E-state index is 6.09. The Morgan fingerprint density at radius 2 is 1.94 bits per heavy atom. The summed E-state index contributed by atoms with van der Waals surface area (Å²) >= 11 is 1.87. The Balaban J connectivity index is 2.75. The van der Waals surface area contributed by atoms with E-state index in [-0.39, 0.29) is 6.04 Å². The van der Waals surface area contributed by atoms with Gasteiger partial charge in [0.05, 0.1) is 0 Å². The largest absolute Gasteiger partial charge is 0.326 e. The van der Waals surface area contributed by atoms with Crippen LogP contribution in [0.1, 0.15) is 18.5 Å². The maximum atomic E-state index is 6.09. The third-order valence-corrected chi connectivity index (χ3v) is 3.35. The Morgan fingerprint density at radius 3 is 2.44 bits per heavy atom. The van der Waals surface area contributed by atoms with E-state index in [2.05, 4.69) is 49.4 Å². The van der Waals surface area contributed by atoms with Gasteiger partial charge in [-0.15, -0.1) is 0 Å². The van der Waals surface area contributed by atoms with E-state index in [4.69, 9.17) is 5.73 Å². The zero-order valence-corrected chi connectivity index (χ0v) is 11.2. The summed E-state index contributed by atoms with van der Waals surface area (Å²) in [4.78, 5) is 2.34. The quantitative estimate of drug-likeness (QED) is 0.825. The first-order valence-electron chi connectivity index (χ1n) is 5.66. The third kappa shape index (κ3) is 3.81. The molecular weight excluding hydrogens is 216 g/mol. The van der Waals surface area contributed by atoms with Gasteiger partial charge < -0.3 is 5.73 Å². The minimum atomic E-state index is 0.147. The lowest BCUT2D eigenvalue weighted by Gasteiger charge is -2.31. The monoisotopic (exact) mass is 238 g/mol. The van der Waals surface area contributed by atoms with Gasteiger partial charge >= 0.3 is 0 Å². The van der Waals surface area contributed by atoms with Crippen LogP contribution < -0.4 is 5.73 Å². The van der Waals surface area contributed by atoms with E-state index in [0.717, 1.165) is 12.3 Å². The Hall–Kier alpha value is -0.510. The van der Waals surface area contributed by atoms with Gasteiger partial charge in [-0.2, -0.15) is 11.8 Å². The average molecular weight is 238 g/mol. The van der Waals surface area contributed by atoms with Gasteiger partial charge in [0.1, 0.15) is 0 Å². The molecule has 0 saturated heterocycles. The normalized spacial score (nSPS) is 15.1. The van der Waals surface area contributed by atoms with Crippen molar-refractivity contribution in [3.63, 3.8) is 0 Å². The van der Waals surface area contributed by atoms with Crippen LogP contribution in [0.25, 0.3) is 0 Å². The molecule has 0 radical (unpaired) electrons. The summed E-state index contributed by atoms with van der Waals surface area (Å²) in [5.74, 6) is 1.15. The molecule has 2 unspecified atom stereocenters. The van der Waals surface area contributed by atoms with E-state index < -0.39 is 0 Å². The van der Waals surface area contributed by atoms with Crippen LogP contribution in [-0.4, -0.2) is 36.5 Å². The summed E-state index contributed by atoms with van der Waals surface area (Å²) in [6.07, 6.45) is 2.14. The van der Waals surface area contributed by atoms with Gasteiger partial charge in [-0.25, -0.2) is 0 Å². The number of likely N-dealkylation sites (N-methyl/N-ethyl adjacent to an activating group) is 1. The first-order valence-corrected chi connectivity index (χ1v) is 7.06. The zero-order chi connectivity index (χ0) is 12.0. The molecule has 2 nitrogen and oxygen atoms in total. The molecule has 0 amide bonds. The number of hydrogen-bond acceptors (Lipinski definition) is 3. The second-order valence-electron chi connectivity index (χ2n) is 4.19. The summed E-state index contributed by atoms with van der Waals surface area (Å²) in [5, 5.41) is 0. The predicted molar refractivity (Wildman–Crippen MR) is 73.8 cm³/mol. The van der Waals surface area contributed by atoms with Crippen LogP contribution >= 0.6 is 11.8 Å². The number of nitrogens with two attached hydrogens (primary N) is 1. The van der Waals surface area contributed by atoms with Crippen LogP contribution in [0.4, 0.5) is 0 Å². The Labute approximate surface area is 103 Å². The minimum Gasteiger partial charge on any atom is -0.326 e. The summed E-state index contributed by atoms with van der Waals surface area (Å²) in [6, 6.07) is 11.0. The summed E-state index contributed by atoms with van der Waals surface area (Å²) in [5.41, 5.74) is 7.40. The highest BCUT2D eigenvalue weighted by Gasteiger charge is 2.20. The molecule has 1 rings (SSSR count). The molecule has 3 heteroatoms. The minimum absolute atomic E-state index is 0.147. The molecule has 1 aromatic carbocycles. The molecule has 0 aliphatic carbocycles. The van der Waals surface area contributed by atoms with Crippen molar-refractivity contribution in [1.82, 2.24) is 4.90 Å². The van der Waals surface area contributed by atoms with Gasteiger partial charge in [-0.3, -0.25) is 4.90 Å². The zero-order valence-electron chi connectivity index (χ0n) is 10.4. The molecule has 0 bridgehead atoms. The highest BCUT2D eigenvalue weighted by molar-refractivity contribution is 7.98. The van der Waals surface area contributed by atoms with Crippen LogP contribution in [0, 0.1) is 0 Å². The first-order chi connectivity index (χ1) is 7.66. The summed E-state index contributed by atoms with van der Waals surface area (Å²) in [6.45, 7) is 3.15. The van der Waals surface area contributed by atoms with E-state index in [1.54, 1.807) is 0 Å². The molecule has 1 aromatic rings. The fourth-order valence-corrected chi connectivity index (χ4v) is 2.45. The van der Waals surface area contributed by atoms with Gasteiger partial charge in [-0.1, -0.05) is 30.3 Å². The highest BCUT2D eigenvalue weighted by Crippen LogP contribution is 2.21. The van der Waals surface area contributed by atoms with E-state index in [1.165, 1.54) is 5.56 Å². The first kappa shape index (κ1) is 13.6. The van der Waals surface area contributed by atoms with Gasteiger partial charge in [0.25, 0.3) is 0 Å². The van der Waals surface area contributed by atoms with Crippen molar-refractivity contribution in [3.05, 3.63) is 35.9 Å². The predicted octanol–water partition coefficient (Wildman–Crippen LogP) is 2.37. The smallest absolute Gasteiger partial charge is 0.0493 e. The van der Waals surface area contributed by atoms with Gasteiger partial charge in [0.15, 0.2) is 0 Å². The summed E-state index contributed by atoms with van der Waals surface area (Å²) in [7, 11) is 2.15. The standard InChI is InChI=1S/C13H22N2S/c1-11(14)13(15(2)9-10-16-3)12-7-5-4-6-8-12/h4-8,11,13H,9-10,14H2,1-3H3. The van der Waals surface area contributed by atoms with Gasteiger partial charge in [-0.05, 0) is 25.8 Å². The highest BCUT2D eigenvalue weighted by atomic mass is 32.2. The van der Waals surface area contributed by atoms with Crippen molar-refractivity contribution >= 4 is 11.8 Å². The maximum Gasteiger partial charge on any atom is 0.0493 e. The number of benzene rings is 1. The fraction of sp³-hybridized carbons (Fsp3) is 0.538. The van der Waals surface area contributed by atoms with Crippen molar-refractivity contribution in [1.29, 1.82) is 0 Å². The second kappa shape index (κ2) is 6.94. The molecule has 0 heterocycles. The second-order valence-corrected chi connectivity index (χ2v) is 5.17. The van der Waals surface area contributed by atoms with Crippen LogP contribution in [-0.2, 0) is 0 Å². The molecular formula is C13H22N2S. The van der Waals surface area contributed by atoms with Crippen LogP contribution in [0.5, 0.6) is 0 Å². The Kier molecular flexibility index (Phi) is 5.88. The molecule has 0 aliphatic heterocycles. The number of nitrogens with zero attached hydrogens (tertiary/aromatic N) is 1. The number of thioether (sulfide) groups is 1. The number of hydrogen-bond donors (Lipinski definition) is 1. The molecule has 0 aliphatic rings. The molecule has 0 fully saturated rings. The van der Waals surface area contributed by atoms with Crippen LogP contribution in [0.15, 0.2) is 30.3 Å². The average Bonchev–Trinajstić information content (AvgIpc) is 2.27. The van der Waals surface area contributed by atoms with E-state index in [1.807, 2.05) is 17.8 Å². The van der Waals surface area contributed by atoms with Gasteiger partial charge in [0.2, 0.25) is 0 Å². The van der Waals surface area contributed by atoms with Crippen LogP contribution in [0.2, 0.25) is 0 Å². The third-order valence-electron chi connectivity index (χ3n) is 2.76. The molecule has 2 N–H and O–H groups in total. The summed E-state index contributed by atoms with van der Waals surface area (Å²) < 4.78 is 0. The van der Waals surface area contributed by atoms with Crippen molar-refractivity contribution in [2.24, 2.45) is 5.73 Å². The molecule has 0 saturated carbocycles. The molecule has 0 aromatic heterocycles. The van der Waals surface area contributed by atoms with E-state index in [0.29, 0.717) is 6.04 Å². The molecule has 2 atom stereocenters. The topological polar surface area (TPSA) is 29.3 Å². The SMILES string of the molecule is CSCCN(C)C(c1ccccc1)C(C)N. The van der Waals surface area contributed by atoms with E-state index >= 15 is 0 Å². The lowest BCUT2D eigenvalue weighted by atomic mass is 10.00.